The highest BCUT2D eigenvalue weighted by atomic mass is 16.5. The molecule has 0 spiro atoms. The molecule has 0 saturated heterocycles. The quantitative estimate of drug-likeness (QED) is 0.858. The number of methoxy groups -OCH3 is 4. The molecular weight excluding hydrogens is 318 g/mol. The van der Waals surface area contributed by atoms with E-state index in [-0.39, 0.29) is 0 Å². The van der Waals surface area contributed by atoms with Crippen molar-refractivity contribution in [1.29, 1.82) is 0 Å². The zero-order chi connectivity index (χ0) is 17.6. The van der Waals surface area contributed by atoms with Gasteiger partial charge in [-0.05, 0) is 41.3 Å². The lowest BCUT2D eigenvalue weighted by Crippen LogP contribution is -2.21. The van der Waals surface area contributed by atoms with Crippen LogP contribution in [0.15, 0.2) is 23.2 Å². The SMILES string of the molecule is COc1cc2c(cc1OC)-c1c(OC)c(OC)cc3c1C(=NCC3)C2. The van der Waals surface area contributed by atoms with Crippen LogP contribution < -0.4 is 18.9 Å². The van der Waals surface area contributed by atoms with E-state index in [1.54, 1.807) is 28.4 Å². The summed E-state index contributed by atoms with van der Waals surface area (Å²) in [5.41, 5.74) is 6.84. The number of aliphatic imine (C=N–C) groups is 1. The molecule has 25 heavy (non-hydrogen) atoms. The van der Waals surface area contributed by atoms with Gasteiger partial charge in [-0.1, -0.05) is 0 Å². The van der Waals surface area contributed by atoms with E-state index in [1.807, 2.05) is 12.1 Å². The Kier molecular flexibility index (Phi) is 3.79. The number of ether oxygens (including phenoxy) is 4. The maximum atomic E-state index is 5.74. The van der Waals surface area contributed by atoms with Gasteiger partial charge in [0.15, 0.2) is 23.0 Å². The predicted octanol–water partition coefficient (Wildman–Crippen LogP) is 3.29. The topological polar surface area (TPSA) is 49.3 Å². The Morgan fingerprint density at radius 3 is 2.12 bits per heavy atom. The van der Waals surface area contributed by atoms with E-state index in [0.29, 0.717) is 5.75 Å². The molecule has 0 radical (unpaired) electrons. The number of benzene rings is 2. The molecule has 0 saturated carbocycles. The van der Waals surface area contributed by atoms with Gasteiger partial charge in [0.05, 0.1) is 28.4 Å². The van der Waals surface area contributed by atoms with Gasteiger partial charge in [0.25, 0.3) is 0 Å². The molecule has 0 amide bonds. The fourth-order valence-electron chi connectivity index (χ4n) is 3.85. The molecule has 0 bridgehead atoms. The molecular formula is C20H21NO4. The van der Waals surface area contributed by atoms with Gasteiger partial charge in [-0.25, -0.2) is 0 Å². The van der Waals surface area contributed by atoms with E-state index >= 15 is 0 Å². The number of hydrogen-bond donors (Lipinski definition) is 0. The molecule has 1 heterocycles. The summed E-state index contributed by atoms with van der Waals surface area (Å²) in [4.78, 5) is 4.78. The summed E-state index contributed by atoms with van der Waals surface area (Å²) in [7, 11) is 6.65. The standard InChI is InChI=1S/C20H21NO4/c1-22-15-9-12-7-14-18-11(5-6-21-14)8-17(24-3)20(25-4)19(18)13(12)10-16(15)23-2/h8-10H,5-7H2,1-4H3. The van der Waals surface area contributed by atoms with Crippen LogP contribution in [0.2, 0.25) is 0 Å². The van der Waals surface area contributed by atoms with E-state index in [1.165, 1.54) is 11.1 Å². The molecule has 1 aliphatic carbocycles. The molecule has 130 valence electrons. The van der Waals surface area contributed by atoms with E-state index in [9.17, 15) is 0 Å². The van der Waals surface area contributed by atoms with Gasteiger partial charge in [0.1, 0.15) is 0 Å². The minimum absolute atomic E-state index is 0.705. The smallest absolute Gasteiger partial charge is 0.169 e. The van der Waals surface area contributed by atoms with Gasteiger partial charge in [-0.3, -0.25) is 4.99 Å². The van der Waals surface area contributed by atoms with Crippen molar-refractivity contribution in [3.8, 4) is 34.1 Å². The largest absolute Gasteiger partial charge is 0.493 e. The summed E-state index contributed by atoms with van der Waals surface area (Å²) >= 11 is 0. The van der Waals surface area contributed by atoms with Crippen molar-refractivity contribution in [2.45, 2.75) is 12.8 Å². The average Bonchev–Trinajstić information content (AvgIpc) is 2.66. The Balaban J connectivity index is 2.08. The van der Waals surface area contributed by atoms with Crippen molar-refractivity contribution < 1.29 is 18.9 Å². The Bertz CT molecular complexity index is 886. The van der Waals surface area contributed by atoms with Crippen LogP contribution in [0.4, 0.5) is 0 Å². The zero-order valence-corrected chi connectivity index (χ0v) is 14.9. The lowest BCUT2D eigenvalue weighted by atomic mass is 9.79. The Morgan fingerprint density at radius 2 is 1.44 bits per heavy atom. The molecule has 0 N–H and O–H groups in total. The highest BCUT2D eigenvalue weighted by Crippen LogP contribution is 2.49. The third-order valence-corrected chi connectivity index (χ3v) is 4.96. The summed E-state index contributed by atoms with van der Waals surface area (Å²) in [5, 5.41) is 0. The molecule has 5 nitrogen and oxygen atoms in total. The van der Waals surface area contributed by atoms with Crippen LogP contribution in [-0.4, -0.2) is 40.7 Å². The van der Waals surface area contributed by atoms with E-state index in [4.69, 9.17) is 23.9 Å². The van der Waals surface area contributed by atoms with Crippen LogP contribution in [0, 0.1) is 0 Å². The second-order valence-electron chi connectivity index (χ2n) is 6.14. The molecule has 2 aromatic rings. The van der Waals surface area contributed by atoms with Crippen molar-refractivity contribution in [3.05, 3.63) is 34.9 Å². The van der Waals surface area contributed by atoms with Crippen LogP contribution in [0.25, 0.3) is 11.1 Å². The number of nitrogens with zero attached hydrogens (tertiary/aromatic N) is 1. The minimum atomic E-state index is 0.705. The predicted molar refractivity (Wildman–Crippen MR) is 96.9 cm³/mol. The number of fused-ring (bicyclic) bond motifs is 2. The van der Waals surface area contributed by atoms with E-state index in [2.05, 4.69) is 6.07 Å². The summed E-state index contributed by atoms with van der Waals surface area (Å²) in [6, 6.07) is 6.14. The maximum absolute atomic E-state index is 5.74. The first-order valence-corrected chi connectivity index (χ1v) is 8.28. The molecule has 4 rings (SSSR count). The first kappa shape index (κ1) is 15.8. The molecule has 5 heteroatoms. The van der Waals surface area contributed by atoms with Gasteiger partial charge in [-0.2, -0.15) is 0 Å². The fraction of sp³-hybridized carbons (Fsp3) is 0.350. The molecule has 0 unspecified atom stereocenters. The Labute approximate surface area is 147 Å². The summed E-state index contributed by atoms with van der Waals surface area (Å²) in [6.07, 6.45) is 1.69. The molecule has 0 fully saturated rings. The van der Waals surface area contributed by atoms with Crippen LogP contribution >= 0.6 is 0 Å². The second kappa shape index (κ2) is 5.99. The van der Waals surface area contributed by atoms with Crippen molar-refractivity contribution >= 4 is 5.71 Å². The van der Waals surface area contributed by atoms with Gasteiger partial charge in [0, 0.05) is 29.8 Å². The molecule has 2 aliphatic rings. The van der Waals surface area contributed by atoms with Gasteiger partial charge in [0.2, 0.25) is 0 Å². The zero-order valence-electron chi connectivity index (χ0n) is 14.9. The Hall–Kier alpha value is -2.69. The number of hydrogen-bond acceptors (Lipinski definition) is 5. The maximum Gasteiger partial charge on any atom is 0.169 e. The Morgan fingerprint density at radius 1 is 0.760 bits per heavy atom. The third-order valence-electron chi connectivity index (χ3n) is 4.96. The molecule has 2 aromatic carbocycles. The summed E-state index contributed by atoms with van der Waals surface area (Å²) < 4.78 is 22.3. The molecule has 0 atom stereocenters. The normalized spacial score (nSPS) is 14.2. The monoisotopic (exact) mass is 339 g/mol. The second-order valence-corrected chi connectivity index (χ2v) is 6.14. The van der Waals surface area contributed by atoms with Crippen molar-refractivity contribution in [2.24, 2.45) is 4.99 Å². The van der Waals surface area contributed by atoms with Crippen LogP contribution in [0.5, 0.6) is 23.0 Å². The highest BCUT2D eigenvalue weighted by Gasteiger charge is 2.32. The lowest BCUT2D eigenvalue weighted by molar-refractivity contribution is 0.353. The van der Waals surface area contributed by atoms with Gasteiger partial charge >= 0.3 is 0 Å². The summed E-state index contributed by atoms with van der Waals surface area (Å²) in [6.45, 7) is 0.805. The number of rotatable bonds is 4. The fourth-order valence-corrected chi connectivity index (χ4v) is 3.85. The van der Waals surface area contributed by atoms with Gasteiger partial charge in [-0.15, -0.1) is 0 Å². The van der Waals surface area contributed by atoms with E-state index in [0.717, 1.165) is 59.0 Å². The lowest BCUT2D eigenvalue weighted by Gasteiger charge is -2.30. The van der Waals surface area contributed by atoms with Crippen molar-refractivity contribution in [1.82, 2.24) is 0 Å². The van der Waals surface area contributed by atoms with Crippen LogP contribution in [0.1, 0.15) is 16.7 Å². The average molecular weight is 339 g/mol. The van der Waals surface area contributed by atoms with Crippen molar-refractivity contribution in [3.63, 3.8) is 0 Å². The van der Waals surface area contributed by atoms with E-state index < -0.39 is 0 Å². The summed E-state index contributed by atoms with van der Waals surface area (Å²) in [5.74, 6) is 2.92. The van der Waals surface area contributed by atoms with Gasteiger partial charge < -0.3 is 18.9 Å². The molecule has 1 aliphatic heterocycles. The minimum Gasteiger partial charge on any atom is -0.493 e. The van der Waals surface area contributed by atoms with Crippen LogP contribution in [0.3, 0.4) is 0 Å². The third kappa shape index (κ3) is 2.26. The van der Waals surface area contributed by atoms with Crippen LogP contribution in [-0.2, 0) is 12.8 Å². The van der Waals surface area contributed by atoms with Crippen molar-refractivity contribution in [2.75, 3.05) is 35.0 Å². The first-order chi connectivity index (χ1) is 12.2. The highest BCUT2D eigenvalue weighted by molar-refractivity contribution is 6.14. The first-order valence-electron chi connectivity index (χ1n) is 8.28. The molecule has 0 aromatic heterocycles.